The van der Waals surface area contributed by atoms with E-state index in [4.69, 9.17) is 4.52 Å². The molecule has 2 unspecified atom stereocenters. The van der Waals surface area contributed by atoms with Gasteiger partial charge in [-0.15, -0.1) is 12.4 Å². The van der Waals surface area contributed by atoms with Gasteiger partial charge in [-0.3, -0.25) is 4.79 Å². The van der Waals surface area contributed by atoms with E-state index >= 15 is 0 Å². The molecule has 1 amide bonds. The number of nitrogens with one attached hydrogen (secondary N) is 1. The Morgan fingerprint density at radius 2 is 1.93 bits per heavy atom. The van der Waals surface area contributed by atoms with Crippen LogP contribution in [0.15, 0.2) is 28.8 Å². The maximum absolute atomic E-state index is 13.0. The van der Waals surface area contributed by atoms with Crippen molar-refractivity contribution in [3.63, 3.8) is 0 Å². The van der Waals surface area contributed by atoms with Crippen molar-refractivity contribution in [2.24, 2.45) is 0 Å². The molecule has 1 saturated carbocycles. The molecular weight excluding hydrogens is 364 g/mol. The van der Waals surface area contributed by atoms with Gasteiger partial charge >= 0.3 is 0 Å². The average Bonchev–Trinajstić information content (AvgIpc) is 3.31. The van der Waals surface area contributed by atoms with Crippen LogP contribution in [0.4, 0.5) is 0 Å². The van der Waals surface area contributed by atoms with Gasteiger partial charge in [-0.05, 0) is 50.7 Å². The third-order valence-corrected chi connectivity index (χ3v) is 6.05. The number of rotatable bonds is 4. The molecule has 6 nitrogen and oxygen atoms in total. The first-order valence-electron chi connectivity index (χ1n) is 9.64. The van der Waals surface area contributed by atoms with E-state index in [1.807, 2.05) is 36.2 Å². The molecule has 2 atom stereocenters. The lowest BCUT2D eigenvalue weighted by Gasteiger charge is -2.35. The summed E-state index contributed by atoms with van der Waals surface area (Å²) in [7, 11) is 1.93. The lowest BCUT2D eigenvalue weighted by molar-refractivity contribution is 0.0681. The van der Waals surface area contributed by atoms with Gasteiger partial charge in [0.2, 0.25) is 11.7 Å². The topological polar surface area (TPSA) is 71.3 Å². The summed E-state index contributed by atoms with van der Waals surface area (Å²) in [4.78, 5) is 19.4. The molecule has 144 valence electrons. The van der Waals surface area contributed by atoms with E-state index in [0.717, 1.165) is 37.1 Å². The second-order valence-electron chi connectivity index (χ2n) is 7.99. The predicted molar refractivity (Wildman–Crippen MR) is 104 cm³/mol. The molecule has 2 saturated heterocycles. The maximum Gasteiger partial charge on any atom is 0.253 e. The number of carbonyl (C=O) groups excluding carboxylic acids is 1. The molecule has 0 spiro atoms. The van der Waals surface area contributed by atoms with Gasteiger partial charge in [0.15, 0.2) is 0 Å². The highest BCUT2D eigenvalue weighted by Gasteiger charge is 2.36. The standard InChI is InChI=1S/C20H24N4O2.ClH/c1-24(17-10-15-7-8-16(11-17)21-15)20(25)14-4-2-3-13(9-14)18-22-19(26-23-18)12-5-6-12;/h2-4,9,12,15-17,21H,5-8,10-11H2,1H3;1H. The fraction of sp³-hybridized carbons (Fsp3) is 0.550. The number of fused-ring (bicyclic) bond motifs is 2. The molecule has 1 N–H and O–H groups in total. The van der Waals surface area contributed by atoms with Gasteiger partial charge in [-0.1, -0.05) is 17.3 Å². The smallest absolute Gasteiger partial charge is 0.253 e. The molecule has 2 aliphatic heterocycles. The minimum Gasteiger partial charge on any atom is -0.339 e. The van der Waals surface area contributed by atoms with Crippen molar-refractivity contribution in [1.82, 2.24) is 20.4 Å². The van der Waals surface area contributed by atoms with Crippen LogP contribution in [-0.2, 0) is 0 Å². The van der Waals surface area contributed by atoms with Crippen molar-refractivity contribution >= 4 is 18.3 Å². The van der Waals surface area contributed by atoms with Crippen LogP contribution in [0.25, 0.3) is 11.4 Å². The van der Waals surface area contributed by atoms with Crippen LogP contribution in [0, 0.1) is 0 Å². The highest BCUT2D eigenvalue weighted by atomic mass is 35.5. The Balaban J connectivity index is 0.00000180. The Morgan fingerprint density at radius 1 is 1.19 bits per heavy atom. The molecule has 7 heteroatoms. The zero-order valence-electron chi connectivity index (χ0n) is 15.4. The summed E-state index contributed by atoms with van der Waals surface area (Å²) in [6.45, 7) is 0. The predicted octanol–water partition coefficient (Wildman–Crippen LogP) is 3.39. The number of halogens is 1. The van der Waals surface area contributed by atoms with E-state index < -0.39 is 0 Å². The molecule has 3 aliphatic rings. The average molecular weight is 389 g/mol. The van der Waals surface area contributed by atoms with Crippen LogP contribution in [0.5, 0.6) is 0 Å². The molecule has 1 aromatic carbocycles. The second kappa shape index (κ2) is 7.24. The summed E-state index contributed by atoms with van der Waals surface area (Å²) in [5.74, 6) is 1.80. The normalized spacial score (nSPS) is 26.5. The van der Waals surface area contributed by atoms with Crippen molar-refractivity contribution in [2.45, 2.75) is 62.6 Å². The highest BCUT2D eigenvalue weighted by molar-refractivity contribution is 5.95. The van der Waals surface area contributed by atoms with Gasteiger partial charge in [-0.2, -0.15) is 4.98 Å². The monoisotopic (exact) mass is 388 g/mol. The molecule has 3 heterocycles. The Bertz CT molecular complexity index is 823. The number of benzene rings is 1. The lowest BCUT2D eigenvalue weighted by Crippen LogP contribution is -2.48. The van der Waals surface area contributed by atoms with Gasteiger partial charge in [-0.25, -0.2) is 0 Å². The van der Waals surface area contributed by atoms with Crippen LogP contribution in [0.1, 0.15) is 60.7 Å². The maximum atomic E-state index is 13.0. The number of piperidine rings is 1. The van der Waals surface area contributed by atoms with Gasteiger partial charge in [0.1, 0.15) is 0 Å². The van der Waals surface area contributed by atoms with E-state index in [1.54, 1.807) is 0 Å². The fourth-order valence-electron chi connectivity index (χ4n) is 4.35. The number of nitrogens with zero attached hydrogens (tertiary/aromatic N) is 3. The van der Waals surface area contributed by atoms with E-state index in [-0.39, 0.29) is 18.3 Å². The first-order valence-corrected chi connectivity index (χ1v) is 9.64. The third kappa shape index (κ3) is 3.60. The Hall–Kier alpha value is -1.92. The van der Waals surface area contributed by atoms with Crippen LogP contribution < -0.4 is 5.32 Å². The Morgan fingerprint density at radius 3 is 2.63 bits per heavy atom. The summed E-state index contributed by atoms with van der Waals surface area (Å²) in [6.07, 6.45) is 6.83. The van der Waals surface area contributed by atoms with E-state index in [2.05, 4.69) is 15.5 Å². The minimum absolute atomic E-state index is 0. The molecule has 2 aromatic rings. The van der Waals surface area contributed by atoms with Crippen molar-refractivity contribution < 1.29 is 9.32 Å². The number of hydrogen-bond donors (Lipinski definition) is 1. The molecular formula is C20H25ClN4O2. The van der Waals surface area contributed by atoms with Crippen LogP contribution in [-0.4, -0.2) is 46.1 Å². The molecule has 1 aliphatic carbocycles. The van der Waals surface area contributed by atoms with Crippen molar-refractivity contribution in [3.05, 3.63) is 35.7 Å². The summed E-state index contributed by atoms with van der Waals surface area (Å²) in [6, 6.07) is 9.05. The first kappa shape index (κ1) is 18.4. The first-order chi connectivity index (χ1) is 12.7. The lowest BCUT2D eigenvalue weighted by atomic mass is 9.97. The van der Waals surface area contributed by atoms with Gasteiger partial charge in [0.05, 0.1) is 0 Å². The Labute approximate surface area is 165 Å². The number of aromatic nitrogens is 2. The van der Waals surface area contributed by atoms with Gasteiger partial charge in [0.25, 0.3) is 5.91 Å². The third-order valence-electron chi connectivity index (χ3n) is 6.05. The van der Waals surface area contributed by atoms with Crippen LogP contribution in [0.2, 0.25) is 0 Å². The molecule has 5 rings (SSSR count). The zero-order chi connectivity index (χ0) is 17.7. The van der Waals surface area contributed by atoms with Crippen molar-refractivity contribution in [1.29, 1.82) is 0 Å². The van der Waals surface area contributed by atoms with Crippen molar-refractivity contribution in [3.8, 4) is 11.4 Å². The largest absolute Gasteiger partial charge is 0.339 e. The summed E-state index contributed by atoms with van der Waals surface area (Å²) in [5.41, 5.74) is 1.53. The zero-order valence-corrected chi connectivity index (χ0v) is 16.2. The molecule has 1 aromatic heterocycles. The Kier molecular flexibility index (Phi) is 4.95. The molecule has 0 radical (unpaired) electrons. The van der Waals surface area contributed by atoms with Crippen molar-refractivity contribution in [2.75, 3.05) is 7.05 Å². The fourth-order valence-corrected chi connectivity index (χ4v) is 4.35. The molecule has 3 fully saturated rings. The van der Waals surface area contributed by atoms with Crippen LogP contribution in [0.3, 0.4) is 0 Å². The van der Waals surface area contributed by atoms with E-state index in [0.29, 0.717) is 35.4 Å². The quantitative estimate of drug-likeness (QED) is 0.869. The van der Waals surface area contributed by atoms with Gasteiger partial charge in [0, 0.05) is 42.2 Å². The summed E-state index contributed by atoms with van der Waals surface area (Å²) < 4.78 is 5.35. The molecule has 27 heavy (non-hydrogen) atoms. The van der Waals surface area contributed by atoms with Crippen LogP contribution >= 0.6 is 12.4 Å². The number of hydrogen-bond acceptors (Lipinski definition) is 5. The summed E-state index contributed by atoms with van der Waals surface area (Å²) >= 11 is 0. The SMILES string of the molecule is CN(C(=O)c1cccc(-c2noc(C3CC3)n2)c1)C1CC2CCC(C1)N2.Cl. The minimum atomic E-state index is 0. The second-order valence-corrected chi connectivity index (χ2v) is 7.99. The molecule has 2 bridgehead atoms. The van der Waals surface area contributed by atoms with Gasteiger partial charge < -0.3 is 14.7 Å². The number of amides is 1. The van der Waals surface area contributed by atoms with E-state index in [1.165, 1.54) is 12.8 Å². The summed E-state index contributed by atoms with van der Waals surface area (Å²) in [5, 5.41) is 7.73. The highest BCUT2D eigenvalue weighted by Crippen LogP contribution is 2.39. The van der Waals surface area contributed by atoms with E-state index in [9.17, 15) is 4.79 Å². The number of carbonyl (C=O) groups is 1.